The van der Waals surface area contributed by atoms with Crippen molar-refractivity contribution >= 4 is 16.7 Å². The Morgan fingerprint density at radius 1 is 1.09 bits per heavy atom. The van der Waals surface area contributed by atoms with Crippen LogP contribution >= 0.6 is 0 Å². The third-order valence-electron chi connectivity index (χ3n) is 5.18. The smallest absolute Gasteiger partial charge is 0.268 e. The minimum atomic E-state index is -0.538. The van der Waals surface area contributed by atoms with Crippen LogP contribution in [0.5, 0.6) is 5.75 Å². The molecule has 4 rings (SSSR count). The van der Waals surface area contributed by atoms with Gasteiger partial charge in [-0.1, -0.05) is 36.4 Å². The minimum Gasteiger partial charge on any atom is -0.494 e. The highest BCUT2D eigenvalue weighted by molar-refractivity contribution is 5.90. The molecule has 2 heterocycles. The largest absolute Gasteiger partial charge is 0.494 e. The number of hydrogen-bond acceptors (Lipinski definition) is 5. The summed E-state index contributed by atoms with van der Waals surface area (Å²) in [5, 5.41) is 2.19. The molecule has 0 unspecified atom stereocenters. The molecule has 4 aromatic rings. The van der Waals surface area contributed by atoms with Crippen LogP contribution in [-0.4, -0.2) is 33.2 Å². The van der Waals surface area contributed by atoms with Crippen LogP contribution in [0.2, 0.25) is 0 Å². The molecule has 2 aromatic heterocycles. The molecule has 0 aliphatic carbocycles. The van der Waals surface area contributed by atoms with Gasteiger partial charge in [0.15, 0.2) is 0 Å². The highest BCUT2D eigenvalue weighted by Crippen LogP contribution is 2.20. The van der Waals surface area contributed by atoms with E-state index in [0.29, 0.717) is 19.8 Å². The Balaban J connectivity index is 1.33. The van der Waals surface area contributed by atoms with Crippen molar-refractivity contribution in [3.05, 3.63) is 90.8 Å². The van der Waals surface area contributed by atoms with Crippen LogP contribution in [0.1, 0.15) is 28.9 Å². The number of nitrogens with zero attached hydrogens (tertiary/aromatic N) is 3. The summed E-state index contributed by atoms with van der Waals surface area (Å²) < 4.78 is 14.0. The Bertz CT molecular complexity index is 1160. The van der Waals surface area contributed by atoms with Gasteiger partial charge in [-0.05, 0) is 42.0 Å². The fourth-order valence-electron chi connectivity index (χ4n) is 3.49. The van der Waals surface area contributed by atoms with Gasteiger partial charge >= 0.3 is 0 Å². The van der Waals surface area contributed by atoms with Gasteiger partial charge in [0.1, 0.15) is 11.4 Å². The summed E-state index contributed by atoms with van der Waals surface area (Å²) in [5.74, 6) is 0.289. The standard InChI is InChI=1S/C25H26N4O3/c26-25(30)24-16-29(18-28-24)15-23(32-17-19-5-2-1-3-6-19)7-4-12-31-22-9-8-20-10-11-27-14-21(20)13-22/h1-3,5-6,8-11,13-14,16,18,23H,4,7,12,15,17H2,(H2,26,30)/t23-/m0/s1. The van der Waals surface area contributed by atoms with Crippen molar-refractivity contribution in [1.82, 2.24) is 14.5 Å². The normalized spacial score (nSPS) is 12.0. The summed E-state index contributed by atoms with van der Waals surface area (Å²) in [4.78, 5) is 19.5. The van der Waals surface area contributed by atoms with E-state index in [0.717, 1.165) is 34.9 Å². The zero-order valence-electron chi connectivity index (χ0n) is 17.8. The summed E-state index contributed by atoms with van der Waals surface area (Å²) >= 11 is 0. The van der Waals surface area contributed by atoms with E-state index in [4.69, 9.17) is 15.2 Å². The van der Waals surface area contributed by atoms with E-state index in [1.807, 2.05) is 65.4 Å². The number of carbonyl (C=O) groups excluding carboxylic acids is 1. The number of nitrogens with two attached hydrogens (primary N) is 1. The number of imidazole rings is 1. The number of amides is 1. The number of aromatic nitrogens is 3. The van der Waals surface area contributed by atoms with E-state index in [1.165, 1.54) is 0 Å². The molecule has 1 amide bonds. The van der Waals surface area contributed by atoms with E-state index in [1.54, 1.807) is 18.7 Å². The first kappa shape index (κ1) is 21.5. The predicted octanol–water partition coefficient (Wildman–Crippen LogP) is 3.97. The second-order valence-electron chi connectivity index (χ2n) is 7.61. The highest BCUT2D eigenvalue weighted by Gasteiger charge is 2.13. The number of hydrogen-bond donors (Lipinski definition) is 1. The van der Waals surface area contributed by atoms with Crippen molar-refractivity contribution in [2.24, 2.45) is 5.73 Å². The van der Waals surface area contributed by atoms with Crippen LogP contribution in [0.4, 0.5) is 0 Å². The highest BCUT2D eigenvalue weighted by atomic mass is 16.5. The molecule has 164 valence electrons. The number of ether oxygens (including phenoxy) is 2. The number of fused-ring (bicyclic) bond motifs is 1. The summed E-state index contributed by atoms with van der Waals surface area (Å²) in [6, 6.07) is 18.0. The maximum atomic E-state index is 11.3. The quantitative estimate of drug-likeness (QED) is 0.364. The molecule has 7 nitrogen and oxygen atoms in total. The Morgan fingerprint density at radius 3 is 2.78 bits per heavy atom. The second kappa shape index (κ2) is 10.5. The van der Waals surface area contributed by atoms with Crippen LogP contribution in [-0.2, 0) is 17.9 Å². The number of pyridine rings is 1. The molecule has 0 spiro atoms. The van der Waals surface area contributed by atoms with Crippen LogP contribution in [0.3, 0.4) is 0 Å². The number of carbonyl (C=O) groups is 1. The van der Waals surface area contributed by atoms with Crippen molar-refractivity contribution in [2.75, 3.05) is 6.61 Å². The summed E-state index contributed by atoms with van der Waals surface area (Å²) in [7, 11) is 0. The first-order valence-electron chi connectivity index (χ1n) is 10.6. The lowest BCUT2D eigenvalue weighted by Gasteiger charge is -2.19. The van der Waals surface area contributed by atoms with E-state index < -0.39 is 5.91 Å². The zero-order valence-corrected chi connectivity index (χ0v) is 17.8. The average molecular weight is 431 g/mol. The van der Waals surface area contributed by atoms with Gasteiger partial charge in [-0.25, -0.2) is 4.98 Å². The van der Waals surface area contributed by atoms with Gasteiger partial charge < -0.3 is 19.8 Å². The van der Waals surface area contributed by atoms with Gasteiger partial charge in [0.25, 0.3) is 5.91 Å². The molecule has 7 heteroatoms. The molecule has 0 radical (unpaired) electrons. The molecule has 2 N–H and O–H groups in total. The van der Waals surface area contributed by atoms with Crippen molar-refractivity contribution in [2.45, 2.75) is 32.1 Å². The number of benzene rings is 2. The van der Waals surface area contributed by atoms with E-state index in [9.17, 15) is 4.79 Å². The molecule has 0 saturated heterocycles. The Morgan fingerprint density at radius 2 is 1.97 bits per heavy atom. The monoisotopic (exact) mass is 430 g/mol. The lowest BCUT2D eigenvalue weighted by Crippen LogP contribution is -2.21. The molecule has 0 aliphatic heterocycles. The van der Waals surface area contributed by atoms with Gasteiger partial charge in [0.2, 0.25) is 0 Å². The second-order valence-corrected chi connectivity index (χ2v) is 7.61. The molecule has 0 fully saturated rings. The van der Waals surface area contributed by atoms with Crippen molar-refractivity contribution in [3.63, 3.8) is 0 Å². The molecule has 0 aliphatic rings. The molecule has 0 bridgehead atoms. The first-order valence-corrected chi connectivity index (χ1v) is 10.6. The van der Waals surface area contributed by atoms with Gasteiger partial charge in [0, 0.05) is 30.5 Å². The molecular formula is C25H26N4O3. The zero-order chi connectivity index (χ0) is 22.2. The third kappa shape index (κ3) is 5.92. The van der Waals surface area contributed by atoms with E-state index in [2.05, 4.69) is 9.97 Å². The molecule has 2 aromatic carbocycles. The molecule has 1 atom stereocenters. The van der Waals surface area contributed by atoms with Crippen LogP contribution in [0, 0.1) is 0 Å². The maximum Gasteiger partial charge on any atom is 0.268 e. The van der Waals surface area contributed by atoms with Gasteiger partial charge in [-0.2, -0.15) is 0 Å². The lowest BCUT2D eigenvalue weighted by atomic mass is 10.1. The van der Waals surface area contributed by atoms with Crippen LogP contribution in [0.15, 0.2) is 79.5 Å². The van der Waals surface area contributed by atoms with E-state index >= 15 is 0 Å². The molecular weight excluding hydrogens is 404 g/mol. The molecule has 32 heavy (non-hydrogen) atoms. The van der Waals surface area contributed by atoms with Gasteiger partial charge in [-0.15, -0.1) is 0 Å². The topological polar surface area (TPSA) is 92.3 Å². The van der Waals surface area contributed by atoms with Gasteiger partial charge in [-0.3, -0.25) is 9.78 Å². The summed E-state index contributed by atoms with van der Waals surface area (Å²) in [6.07, 6.45) is 8.44. The Hall–Kier alpha value is -3.71. The number of primary amides is 1. The predicted molar refractivity (Wildman–Crippen MR) is 122 cm³/mol. The average Bonchev–Trinajstić information content (AvgIpc) is 3.29. The first-order chi connectivity index (χ1) is 15.7. The van der Waals surface area contributed by atoms with Crippen molar-refractivity contribution in [3.8, 4) is 5.75 Å². The SMILES string of the molecule is NC(=O)c1cn(C[C@H](CCCOc2ccc3ccncc3c2)OCc2ccccc2)cn1. The maximum absolute atomic E-state index is 11.3. The van der Waals surface area contributed by atoms with Crippen LogP contribution < -0.4 is 10.5 Å². The fourth-order valence-corrected chi connectivity index (χ4v) is 3.49. The lowest BCUT2D eigenvalue weighted by molar-refractivity contribution is 0.0203. The van der Waals surface area contributed by atoms with Crippen molar-refractivity contribution < 1.29 is 14.3 Å². The fraction of sp³-hybridized carbons (Fsp3) is 0.240. The minimum absolute atomic E-state index is 0.0606. The van der Waals surface area contributed by atoms with Crippen LogP contribution in [0.25, 0.3) is 10.8 Å². The summed E-state index contributed by atoms with van der Waals surface area (Å²) in [5.41, 5.74) is 6.68. The van der Waals surface area contributed by atoms with Crippen molar-refractivity contribution in [1.29, 1.82) is 0 Å². The van der Waals surface area contributed by atoms with E-state index in [-0.39, 0.29) is 11.8 Å². The Labute approximate surface area is 186 Å². The van der Waals surface area contributed by atoms with Gasteiger partial charge in [0.05, 0.1) is 25.6 Å². The summed E-state index contributed by atoms with van der Waals surface area (Å²) in [6.45, 7) is 1.67. The Kier molecular flexibility index (Phi) is 7.09. The number of rotatable bonds is 11. The molecule has 0 saturated carbocycles. The third-order valence-corrected chi connectivity index (χ3v) is 5.18.